The second-order valence-electron chi connectivity index (χ2n) is 9.19. The third-order valence-corrected chi connectivity index (χ3v) is 8.05. The molecule has 3 amide bonds. The summed E-state index contributed by atoms with van der Waals surface area (Å²) < 4.78 is 6.80. The lowest BCUT2D eigenvalue weighted by molar-refractivity contribution is -0.152. The standard InChI is InChI=1S/C24H33N3O5S/c1-32-24(31)20-8-5-12-26(20)16-9-13-25(14-10-16)23(30)19(11-15-33-2)27-21(28)17-6-3-4-7-18(17)22(27)29/h5,8,12,16-19H,3-4,6-7,9-11,13-15H2,1-2H3. The average molecular weight is 476 g/mol. The molecule has 2 aliphatic heterocycles. The van der Waals surface area contributed by atoms with Crippen LogP contribution in [0.4, 0.5) is 0 Å². The molecule has 9 heteroatoms. The van der Waals surface area contributed by atoms with E-state index in [0.717, 1.165) is 25.7 Å². The SMILES string of the molecule is COC(=O)c1cccn1C1CCN(C(=O)C(CCSC)N2C(=O)C3CCCCC3C2=O)CC1. The van der Waals surface area contributed by atoms with E-state index in [2.05, 4.69) is 0 Å². The Kier molecular flexibility index (Phi) is 7.46. The van der Waals surface area contributed by atoms with Crippen molar-refractivity contribution >= 4 is 35.5 Å². The predicted molar refractivity (Wildman–Crippen MR) is 125 cm³/mol. The van der Waals surface area contributed by atoms with E-state index in [0.29, 0.717) is 43.8 Å². The average Bonchev–Trinajstić information content (AvgIpc) is 3.43. The van der Waals surface area contributed by atoms with Gasteiger partial charge >= 0.3 is 5.97 Å². The van der Waals surface area contributed by atoms with Crippen molar-refractivity contribution in [3.63, 3.8) is 0 Å². The highest BCUT2D eigenvalue weighted by atomic mass is 32.2. The van der Waals surface area contributed by atoms with Gasteiger partial charge < -0.3 is 14.2 Å². The van der Waals surface area contributed by atoms with Crippen LogP contribution in [0.2, 0.25) is 0 Å². The van der Waals surface area contributed by atoms with Gasteiger partial charge in [-0.15, -0.1) is 0 Å². The van der Waals surface area contributed by atoms with Gasteiger partial charge in [0.15, 0.2) is 0 Å². The van der Waals surface area contributed by atoms with Crippen molar-refractivity contribution in [2.45, 2.75) is 57.0 Å². The van der Waals surface area contributed by atoms with Crippen LogP contribution in [0.15, 0.2) is 18.3 Å². The van der Waals surface area contributed by atoms with E-state index in [1.165, 1.54) is 12.0 Å². The quantitative estimate of drug-likeness (QED) is 0.445. The van der Waals surface area contributed by atoms with Crippen LogP contribution in [0.25, 0.3) is 0 Å². The fraction of sp³-hybridized carbons (Fsp3) is 0.667. The number of amides is 3. The molecule has 3 aliphatic rings. The number of rotatable bonds is 7. The van der Waals surface area contributed by atoms with Gasteiger partial charge in [0.1, 0.15) is 11.7 Å². The summed E-state index contributed by atoms with van der Waals surface area (Å²) in [6, 6.07) is 2.95. The van der Waals surface area contributed by atoms with Crippen LogP contribution < -0.4 is 0 Å². The highest BCUT2D eigenvalue weighted by molar-refractivity contribution is 7.98. The molecule has 180 valence electrons. The third kappa shape index (κ3) is 4.56. The molecule has 0 radical (unpaired) electrons. The van der Waals surface area contributed by atoms with Crippen LogP contribution in [0.3, 0.4) is 0 Å². The van der Waals surface area contributed by atoms with E-state index in [1.807, 2.05) is 23.1 Å². The number of hydrogen-bond acceptors (Lipinski definition) is 6. The number of fused-ring (bicyclic) bond motifs is 1. The summed E-state index contributed by atoms with van der Waals surface area (Å²) in [5.74, 6) is -0.556. The normalized spacial score (nSPS) is 24.7. The first kappa shape index (κ1) is 23.9. The summed E-state index contributed by atoms with van der Waals surface area (Å²) in [7, 11) is 1.37. The van der Waals surface area contributed by atoms with Crippen molar-refractivity contribution < 1.29 is 23.9 Å². The van der Waals surface area contributed by atoms with E-state index in [9.17, 15) is 19.2 Å². The lowest BCUT2D eigenvalue weighted by Crippen LogP contribution is -2.53. The van der Waals surface area contributed by atoms with E-state index < -0.39 is 6.04 Å². The van der Waals surface area contributed by atoms with Gasteiger partial charge in [-0.1, -0.05) is 12.8 Å². The molecule has 3 atom stereocenters. The minimum Gasteiger partial charge on any atom is -0.464 e. The Bertz CT molecular complexity index is 884. The molecule has 2 saturated heterocycles. The van der Waals surface area contributed by atoms with Gasteiger partial charge in [0, 0.05) is 25.3 Å². The zero-order chi connectivity index (χ0) is 23.5. The second-order valence-corrected chi connectivity index (χ2v) is 10.2. The van der Waals surface area contributed by atoms with Crippen LogP contribution in [0.1, 0.15) is 61.5 Å². The Morgan fingerprint density at radius 1 is 1.09 bits per heavy atom. The van der Waals surface area contributed by atoms with Gasteiger partial charge in [0.05, 0.1) is 18.9 Å². The number of imide groups is 1. The van der Waals surface area contributed by atoms with Crippen molar-refractivity contribution in [3.8, 4) is 0 Å². The summed E-state index contributed by atoms with van der Waals surface area (Å²) in [6.07, 6.45) is 9.17. The molecule has 1 saturated carbocycles. The monoisotopic (exact) mass is 475 g/mol. The van der Waals surface area contributed by atoms with Gasteiger partial charge in [-0.3, -0.25) is 19.3 Å². The number of methoxy groups -OCH3 is 1. The lowest BCUT2D eigenvalue weighted by Gasteiger charge is -2.37. The molecule has 33 heavy (non-hydrogen) atoms. The van der Waals surface area contributed by atoms with Gasteiger partial charge in [-0.25, -0.2) is 4.79 Å². The minimum absolute atomic E-state index is 0.0979. The molecule has 4 rings (SSSR count). The molecule has 0 N–H and O–H groups in total. The molecule has 0 aromatic carbocycles. The molecule has 8 nitrogen and oxygen atoms in total. The summed E-state index contributed by atoms with van der Waals surface area (Å²) >= 11 is 1.62. The van der Waals surface area contributed by atoms with Gasteiger partial charge in [-0.2, -0.15) is 11.8 Å². The maximum Gasteiger partial charge on any atom is 0.354 e. The molecule has 0 bridgehead atoms. The number of ether oxygens (including phenoxy) is 1. The summed E-state index contributed by atoms with van der Waals surface area (Å²) in [5, 5.41) is 0. The lowest BCUT2D eigenvalue weighted by atomic mass is 9.81. The van der Waals surface area contributed by atoms with Gasteiger partial charge in [0.25, 0.3) is 0 Å². The smallest absolute Gasteiger partial charge is 0.354 e. The number of likely N-dealkylation sites (tertiary alicyclic amines) is 2. The first-order chi connectivity index (χ1) is 16.0. The molecule has 1 aromatic rings. The van der Waals surface area contributed by atoms with Crippen LogP contribution in [-0.4, -0.2) is 76.3 Å². The maximum atomic E-state index is 13.6. The van der Waals surface area contributed by atoms with E-state index in [4.69, 9.17) is 4.74 Å². The first-order valence-electron chi connectivity index (χ1n) is 11.9. The molecular weight excluding hydrogens is 442 g/mol. The largest absolute Gasteiger partial charge is 0.464 e. The zero-order valence-corrected chi connectivity index (χ0v) is 20.2. The number of hydrogen-bond donors (Lipinski definition) is 0. The molecular formula is C24H33N3O5S. The fourth-order valence-corrected chi connectivity index (χ4v) is 6.11. The summed E-state index contributed by atoms with van der Waals surface area (Å²) in [5.41, 5.74) is 0.510. The third-order valence-electron chi connectivity index (χ3n) is 7.41. The Labute approximate surface area is 199 Å². The fourth-order valence-electron chi connectivity index (χ4n) is 5.65. The summed E-state index contributed by atoms with van der Waals surface area (Å²) in [4.78, 5) is 55.1. The van der Waals surface area contributed by atoms with Crippen molar-refractivity contribution in [2.75, 3.05) is 32.2 Å². The van der Waals surface area contributed by atoms with Crippen LogP contribution in [0.5, 0.6) is 0 Å². The number of esters is 1. The Balaban J connectivity index is 1.46. The van der Waals surface area contributed by atoms with Gasteiger partial charge in [0.2, 0.25) is 17.7 Å². The number of aromatic nitrogens is 1. The minimum atomic E-state index is -0.711. The van der Waals surface area contributed by atoms with Crippen molar-refractivity contribution in [2.24, 2.45) is 11.8 Å². The topological polar surface area (TPSA) is 88.9 Å². The van der Waals surface area contributed by atoms with E-state index >= 15 is 0 Å². The Morgan fingerprint density at radius 3 is 2.30 bits per heavy atom. The molecule has 1 aliphatic carbocycles. The van der Waals surface area contributed by atoms with E-state index in [-0.39, 0.29) is 41.6 Å². The Hall–Kier alpha value is -2.29. The van der Waals surface area contributed by atoms with Crippen LogP contribution in [-0.2, 0) is 19.1 Å². The molecule has 1 aromatic heterocycles. The van der Waals surface area contributed by atoms with Crippen LogP contribution in [0, 0.1) is 11.8 Å². The molecule has 3 heterocycles. The zero-order valence-electron chi connectivity index (χ0n) is 19.4. The van der Waals surface area contributed by atoms with Crippen molar-refractivity contribution in [1.82, 2.24) is 14.4 Å². The van der Waals surface area contributed by atoms with E-state index in [1.54, 1.807) is 22.7 Å². The number of nitrogens with zero attached hydrogens (tertiary/aromatic N) is 3. The van der Waals surface area contributed by atoms with Gasteiger partial charge in [-0.05, 0) is 56.2 Å². The molecule has 3 fully saturated rings. The summed E-state index contributed by atoms with van der Waals surface area (Å²) in [6.45, 7) is 1.06. The highest BCUT2D eigenvalue weighted by Crippen LogP contribution is 2.39. The second kappa shape index (κ2) is 10.3. The highest BCUT2D eigenvalue weighted by Gasteiger charge is 2.52. The maximum absolute atomic E-state index is 13.6. The molecule has 3 unspecified atom stereocenters. The van der Waals surface area contributed by atoms with Crippen molar-refractivity contribution in [1.29, 1.82) is 0 Å². The van der Waals surface area contributed by atoms with Crippen molar-refractivity contribution in [3.05, 3.63) is 24.0 Å². The predicted octanol–water partition coefficient (Wildman–Crippen LogP) is 2.74. The van der Waals surface area contributed by atoms with Crippen LogP contribution >= 0.6 is 11.8 Å². The molecule has 0 spiro atoms. The number of thioether (sulfide) groups is 1. The number of carbonyl (C=O) groups is 4. The Morgan fingerprint density at radius 2 is 1.73 bits per heavy atom. The number of carbonyl (C=O) groups excluding carboxylic acids is 4. The first-order valence-corrected chi connectivity index (χ1v) is 13.3. The number of piperidine rings is 1.